The van der Waals surface area contributed by atoms with Crippen LogP contribution in [0.4, 0.5) is 13.2 Å². The van der Waals surface area contributed by atoms with Crippen LogP contribution < -0.4 is 11.3 Å². The second kappa shape index (κ2) is 7.94. The van der Waals surface area contributed by atoms with E-state index in [9.17, 15) is 32.3 Å². The summed E-state index contributed by atoms with van der Waals surface area (Å²) in [5.41, 5.74) is 2.00. The van der Waals surface area contributed by atoms with Crippen LogP contribution in [-0.2, 0) is 17.5 Å². The molecule has 0 spiro atoms. The molecule has 2 aromatic heterocycles. The number of alkyl halides is 3. The Labute approximate surface area is 162 Å². The number of ether oxygens (including phenoxy) is 1. The number of nitrogens with one attached hydrogen (secondary N) is 1. The second-order valence-corrected chi connectivity index (χ2v) is 6.15. The van der Waals surface area contributed by atoms with E-state index in [4.69, 9.17) is 10.5 Å². The van der Waals surface area contributed by atoms with Gasteiger partial charge in [0.25, 0.3) is 11.5 Å². The number of aromatic amines is 1. The number of carbonyl (C=O) groups is 3. The van der Waals surface area contributed by atoms with Crippen molar-refractivity contribution in [3.63, 3.8) is 0 Å². The monoisotopic (exact) mass is 413 g/mol. The molecule has 8 nitrogen and oxygen atoms in total. The van der Waals surface area contributed by atoms with Crippen LogP contribution in [0.25, 0.3) is 0 Å². The topological polar surface area (TPSA) is 124 Å². The minimum absolute atomic E-state index is 0.0875. The first-order valence-electron chi connectivity index (χ1n) is 8.40. The molecule has 2 heterocycles. The van der Waals surface area contributed by atoms with Crippen molar-refractivity contribution in [3.05, 3.63) is 56.3 Å². The number of rotatable bonds is 6. The van der Waals surface area contributed by atoms with E-state index < -0.39 is 47.2 Å². The number of hydrogen-bond acceptors (Lipinski definition) is 5. The number of H-pyrrole nitrogens is 1. The molecule has 0 saturated carbocycles. The Bertz CT molecular complexity index is 1050. The van der Waals surface area contributed by atoms with Crippen LogP contribution in [0.3, 0.4) is 0 Å². The Morgan fingerprint density at radius 3 is 2.34 bits per heavy atom. The Hall–Kier alpha value is -3.37. The van der Waals surface area contributed by atoms with Gasteiger partial charge in [-0.1, -0.05) is 0 Å². The first-order chi connectivity index (χ1) is 13.4. The van der Waals surface area contributed by atoms with Crippen molar-refractivity contribution >= 4 is 17.7 Å². The molecule has 11 heteroatoms. The van der Waals surface area contributed by atoms with E-state index in [2.05, 4.69) is 4.98 Å². The first-order valence-corrected chi connectivity index (χ1v) is 8.40. The number of amides is 1. The van der Waals surface area contributed by atoms with Crippen LogP contribution >= 0.6 is 0 Å². The number of ketones is 1. The number of carbonyl (C=O) groups excluding carboxylic acids is 3. The van der Waals surface area contributed by atoms with Crippen LogP contribution in [0, 0.1) is 13.8 Å². The average molecular weight is 413 g/mol. The number of pyridine rings is 1. The van der Waals surface area contributed by atoms with E-state index in [0.29, 0.717) is 17.8 Å². The third kappa shape index (κ3) is 4.23. The summed E-state index contributed by atoms with van der Waals surface area (Å²) in [6.45, 7) is 3.60. The standard InChI is InChI=1S/C18H18F3N3O5/c1-4-29-17(28)13-8(2)14(23-9(13)3)11(25)7-24-12(18(19,20)21)6-5-10(15(22)26)16(24)27/h5-6,23H,4,7H2,1-3H3,(H2,22,26). The van der Waals surface area contributed by atoms with Crippen molar-refractivity contribution in [2.24, 2.45) is 5.73 Å². The molecular formula is C18H18F3N3O5. The molecule has 0 bridgehead atoms. The largest absolute Gasteiger partial charge is 0.462 e. The van der Waals surface area contributed by atoms with E-state index >= 15 is 0 Å². The Morgan fingerprint density at radius 2 is 1.83 bits per heavy atom. The summed E-state index contributed by atoms with van der Waals surface area (Å²) < 4.78 is 44.9. The normalized spacial score (nSPS) is 11.4. The quantitative estimate of drug-likeness (QED) is 0.553. The molecule has 1 amide bonds. The minimum atomic E-state index is -4.95. The Balaban J connectivity index is 2.55. The fraction of sp³-hybridized carbons (Fsp3) is 0.333. The smallest absolute Gasteiger partial charge is 0.431 e. The van der Waals surface area contributed by atoms with Gasteiger partial charge in [0.1, 0.15) is 11.3 Å². The number of Topliss-reactive ketones (excluding diaryl/α,β-unsaturated/α-hetero) is 1. The van der Waals surface area contributed by atoms with Crippen molar-refractivity contribution in [3.8, 4) is 0 Å². The van der Waals surface area contributed by atoms with Crippen molar-refractivity contribution in [1.82, 2.24) is 9.55 Å². The molecule has 3 N–H and O–H groups in total. The van der Waals surface area contributed by atoms with Crippen molar-refractivity contribution in [2.75, 3.05) is 6.61 Å². The van der Waals surface area contributed by atoms with Crippen LogP contribution in [0.15, 0.2) is 16.9 Å². The number of primary amides is 1. The summed E-state index contributed by atoms with van der Waals surface area (Å²) in [6.07, 6.45) is -4.95. The van der Waals surface area contributed by atoms with Crippen molar-refractivity contribution < 1.29 is 32.3 Å². The van der Waals surface area contributed by atoms with Gasteiger partial charge in [0, 0.05) is 5.69 Å². The van der Waals surface area contributed by atoms with Crippen LogP contribution in [0.2, 0.25) is 0 Å². The lowest BCUT2D eigenvalue weighted by Crippen LogP contribution is -2.35. The molecule has 0 saturated heterocycles. The predicted molar refractivity (Wildman–Crippen MR) is 94.8 cm³/mol. The lowest BCUT2D eigenvalue weighted by molar-refractivity contribution is -0.144. The maximum atomic E-state index is 13.3. The van der Waals surface area contributed by atoms with Gasteiger partial charge in [0.15, 0.2) is 5.78 Å². The van der Waals surface area contributed by atoms with Gasteiger partial charge >= 0.3 is 12.1 Å². The van der Waals surface area contributed by atoms with E-state index in [-0.39, 0.29) is 28.0 Å². The SMILES string of the molecule is CCOC(=O)c1c(C)[nH]c(C(=O)Cn2c(C(F)(F)F)ccc(C(N)=O)c2=O)c1C. The molecule has 0 unspecified atom stereocenters. The molecule has 2 rings (SSSR count). The molecule has 0 aromatic carbocycles. The highest BCUT2D eigenvalue weighted by atomic mass is 19.4. The average Bonchev–Trinajstić information content (AvgIpc) is 2.90. The fourth-order valence-electron chi connectivity index (χ4n) is 2.93. The van der Waals surface area contributed by atoms with Gasteiger partial charge in [-0.25, -0.2) is 4.79 Å². The lowest BCUT2D eigenvalue weighted by atomic mass is 10.1. The molecule has 2 aromatic rings. The minimum Gasteiger partial charge on any atom is -0.462 e. The van der Waals surface area contributed by atoms with E-state index in [0.717, 1.165) is 0 Å². The van der Waals surface area contributed by atoms with Gasteiger partial charge in [0.05, 0.1) is 24.4 Å². The summed E-state index contributed by atoms with van der Waals surface area (Å²) in [5.74, 6) is -2.81. The number of hydrogen-bond donors (Lipinski definition) is 2. The summed E-state index contributed by atoms with van der Waals surface area (Å²) in [7, 11) is 0. The highest BCUT2D eigenvalue weighted by Gasteiger charge is 2.36. The van der Waals surface area contributed by atoms with Crippen molar-refractivity contribution in [1.29, 1.82) is 0 Å². The maximum absolute atomic E-state index is 13.3. The molecule has 156 valence electrons. The molecule has 0 atom stereocenters. The third-order valence-corrected chi connectivity index (χ3v) is 4.23. The van der Waals surface area contributed by atoms with Gasteiger partial charge < -0.3 is 15.5 Å². The zero-order valence-corrected chi connectivity index (χ0v) is 15.8. The third-order valence-electron chi connectivity index (χ3n) is 4.23. The maximum Gasteiger partial charge on any atom is 0.431 e. The van der Waals surface area contributed by atoms with Gasteiger partial charge in [-0.3, -0.25) is 19.0 Å². The summed E-state index contributed by atoms with van der Waals surface area (Å²) in [6, 6.07) is 1.17. The second-order valence-electron chi connectivity index (χ2n) is 6.15. The molecule has 0 radical (unpaired) electrons. The zero-order valence-electron chi connectivity index (χ0n) is 15.8. The first kappa shape index (κ1) is 21.9. The number of nitrogens with two attached hydrogens (primary N) is 1. The molecule has 29 heavy (non-hydrogen) atoms. The van der Waals surface area contributed by atoms with Crippen LogP contribution in [0.1, 0.15) is 55.1 Å². The molecule has 0 fully saturated rings. The summed E-state index contributed by atoms with van der Waals surface area (Å²) in [4.78, 5) is 51.0. The molecule has 0 aliphatic rings. The predicted octanol–water partition coefficient (Wildman–Crippen LogP) is 1.97. The molecular weight excluding hydrogens is 395 g/mol. The van der Waals surface area contributed by atoms with E-state index in [1.807, 2.05) is 0 Å². The molecule has 0 aliphatic heterocycles. The van der Waals surface area contributed by atoms with Gasteiger partial charge in [-0.2, -0.15) is 13.2 Å². The Kier molecular flexibility index (Phi) is 6.00. The van der Waals surface area contributed by atoms with Crippen molar-refractivity contribution in [2.45, 2.75) is 33.5 Å². The number of esters is 1. The summed E-state index contributed by atoms with van der Waals surface area (Å²) >= 11 is 0. The Morgan fingerprint density at radius 1 is 1.21 bits per heavy atom. The van der Waals surface area contributed by atoms with Crippen LogP contribution in [0.5, 0.6) is 0 Å². The lowest BCUT2D eigenvalue weighted by Gasteiger charge is -2.15. The number of aryl methyl sites for hydroxylation is 1. The number of halogens is 3. The van der Waals surface area contributed by atoms with E-state index in [1.54, 1.807) is 6.92 Å². The van der Waals surface area contributed by atoms with Gasteiger partial charge in [-0.05, 0) is 38.5 Å². The summed E-state index contributed by atoms with van der Waals surface area (Å²) in [5, 5.41) is 0. The highest BCUT2D eigenvalue weighted by Crippen LogP contribution is 2.29. The number of aromatic nitrogens is 2. The number of nitrogens with zero attached hydrogens (tertiary/aromatic N) is 1. The fourth-order valence-corrected chi connectivity index (χ4v) is 2.93. The van der Waals surface area contributed by atoms with Gasteiger partial charge in [-0.15, -0.1) is 0 Å². The highest BCUT2D eigenvalue weighted by molar-refractivity contribution is 6.01. The molecule has 0 aliphatic carbocycles. The van der Waals surface area contributed by atoms with E-state index in [1.165, 1.54) is 13.8 Å². The van der Waals surface area contributed by atoms with Gasteiger partial charge in [0.2, 0.25) is 0 Å². The van der Waals surface area contributed by atoms with Crippen LogP contribution in [-0.4, -0.2) is 33.8 Å². The zero-order chi connectivity index (χ0) is 22.1.